The van der Waals surface area contributed by atoms with Crippen LogP contribution in [0.1, 0.15) is 30.5 Å². The molecule has 0 saturated carbocycles. The Labute approximate surface area is 162 Å². The number of rotatable bonds is 6. The third-order valence-electron chi connectivity index (χ3n) is 3.53. The number of carbonyl (C=O) groups excluding carboxylic acids is 1. The molecule has 26 heavy (non-hydrogen) atoms. The fourth-order valence-corrected chi connectivity index (χ4v) is 2.75. The SMILES string of the molecule is Cc1cccc(COc2ccc(Br)cc2/C=C(\C#N)C(=O)NC(C)C)c1. The monoisotopic (exact) mass is 412 g/mol. The average molecular weight is 413 g/mol. The molecule has 0 bridgehead atoms. The lowest BCUT2D eigenvalue weighted by molar-refractivity contribution is -0.117. The zero-order valence-corrected chi connectivity index (χ0v) is 16.6. The second-order valence-corrected chi connectivity index (χ2v) is 7.17. The van der Waals surface area contributed by atoms with Crippen molar-refractivity contribution >= 4 is 27.9 Å². The summed E-state index contributed by atoms with van der Waals surface area (Å²) in [6.45, 7) is 6.14. The van der Waals surface area contributed by atoms with E-state index < -0.39 is 5.91 Å². The third kappa shape index (κ3) is 5.75. The van der Waals surface area contributed by atoms with E-state index in [0.717, 1.165) is 10.0 Å². The molecular formula is C21H21BrN2O2. The fourth-order valence-electron chi connectivity index (χ4n) is 2.37. The van der Waals surface area contributed by atoms with E-state index in [9.17, 15) is 10.1 Å². The molecule has 1 amide bonds. The van der Waals surface area contributed by atoms with Crippen molar-refractivity contribution in [2.24, 2.45) is 0 Å². The number of benzene rings is 2. The minimum Gasteiger partial charge on any atom is -0.488 e. The molecule has 0 unspecified atom stereocenters. The zero-order valence-electron chi connectivity index (χ0n) is 15.0. The third-order valence-corrected chi connectivity index (χ3v) is 4.03. The van der Waals surface area contributed by atoms with Crippen molar-refractivity contribution in [3.8, 4) is 11.8 Å². The van der Waals surface area contributed by atoms with Crippen LogP contribution in [0.2, 0.25) is 0 Å². The molecule has 0 spiro atoms. The summed E-state index contributed by atoms with van der Waals surface area (Å²) in [4.78, 5) is 12.1. The molecule has 0 fully saturated rings. The first-order chi connectivity index (χ1) is 12.4. The standard InChI is InChI=1S/C21H21BrN2O2/c1-14(2)24-21(25)18(12-23)10-17-11-19(22)7-8-20(17)26-13-16-6-4-5-15(3)9-16/h4-11,14H,13H2,1-3H3,(H,24,25)/b18-10+. The Hall–Kier alpha value is -2.58. The molecule has 5 heteroatoms. The molecule has 0 aliphatic rings. The van der Waals surface area contributed by atoms with Gasteiger partial charge in [-0.25, -0.2) is 0 Å². The van der Waals surface area contributed by atoms with Gasteiger partial charge in [0.25, 0.3) is 5.91 Å². The van der Waals surface area contributed by atoms with Crippen molar-refractivity contribution < 1.29 is 9.53 Å². The Kier molecular flexibility index (Phi) is 6.99. The smallest absolute Gasteiger partial charge is 0.262 e. The Balaban J connectivity index is 2.27. The summed E-state index contributed by atoms with van der Waals surface area (Å²) in [7, 11) is 0. The molecule has 2 aromatic rings. The van der Waals surface area contributed by atoms with Crippen LogP contribution in [0.4, 0.5) is 0 Å². The Morgan fingerprint density at radius 1 is 1.31 bits per heavy atom. The molecular weight excluding hydrogens is 392 g/mol. The molecule has 0 aliphatic heterocycles. The highest BCUT2D eigenvalue weighted by atomic mass is 79.9. The molecule has 0 heterocycles. The number of aryl methyl sites for hydroxylation is 1. The second-order valence-electron chi connectivity index (χ2n) is 6.26. The summed E-state index contributed by atoms with van der Waals surface area (Å²) in [5.41, 5.74) is 2.93. The van der Waals surface area contributed by atoms with E-state index in [-0.39, 0.29) is 11.6 Å². The van der Waals surface area contributed by atoms with Crippen LogP contribution in [0.15, 0.2) is 52.5 Å². The van der Waals surface area contributed by atoms with Gasteiger partial charge in [0.2, 0.25) is 0 Å². The quantitative estimate of drug-likeness (QED) is 0.548. The van der Waals surface area contributed by atoms with Crippen LogP contribution in [-0.4, -0.2) is 11.9 Å². The highest BCUT2D eigenvalue weighted by molar-refractivity contribution is 9.10. The Morgan fingerprint density at radius 2 is 2.08 bits per heavy atom. The summed E-state index contributed by atoms with van der Waals surface area (Å²) in [6, 6.07) is 15.5. The highest BCUT2D eigenvalue weighted by Gasteiger charge is 2.12. The van der Waals surface area contributed by atoms with Crippen molar-refractivity contribution in [3.63, 3.8) is 0 Å². The summed E-state index contributed by atoms with van der Waals surface area (Å²) >= 11 is 3.42. The maximum atomic E-state index is 12.1. The number of hydrogen-bond acceptors (Lipinski definition) is 3. The minimum absolute atomic E-state index is 0.0391. The highest BCUT2D eigenvalue weighted by Crippen LogP contribution is 2.26. The number of nitrogens with one attached hydrogen (secondary N) is 1. The molecule has 4 nitrogen and oxygen atoms in total. The fraction of sp³-hybridized carbons (Fsp3) is 0.238. The average Bonchev–Trinajstić information content (AvgIpc) is 2.58. The topological polar surface area (TPSA) is 62.1 Å². The van der Waals surface area contributed by atoms with Gasteiger partial charge in [0, 0.05) is 16.1 Å². The molecule has 0 radical (unpaired) electrons. The number of carbonyl (C=O) groups is 1. The van der Waals surface area contributed by atoms with Gasteiger partial charge in [-0.3, -0.25) is 4.79 Å². The maximum absolute atomic E-state index is 12.1. The number of nitrogens with zero attached hydrogens (tertiary/aromatic N) is 1. The van der Waals surface area contributed by atoms with Crippen molar-refractivity contribution in [1.29, 1.82) is 5.26 Å². The lowest BCUT2D eigenvalue weighted by atomic mass is 10.1. The van der Waals surface area contributed by atoms with Crippen LogP contribution < -0.4 is 10.1 Å². The second kappa shape index (κ2) is 9.21. The molecule has 134 valence electrons. The van der Waals surface area contributed by atoms with Gasteiger partial charge in [0.05, 0.1) is 0 Å². The van der Waals surface area contributed by atoms with E-state index in [0.29, 0.717) is 17.9 Å². The van der Waals surface area contributed by atoms with Crippen molar-refractivity contribution in [3.05, 3.63) is 69.2 Å². The van der Waals surface area contributed by atoms with Gasteiger partial charge in [-0.1, -0.05) is 45.8 Å². The van der Waals surface area contributed by atoms with Gasteiger partial charge in [-0.2, -0.15) is 5.26 Å². The number of hydrogen-bond donors (Lipinski definition) is 1. The van der Waals surface area contributed by atoms with Gasteiger partial charge < -0.3 is 10.1 Å². The molecule has 1 N–H and O–H groups in total. The van der Waals surface area contributed by atoms with Crippen LogP contribution in [0.5, 0.6) is 5.75 Å². The van der Waals surface area contributed by atoms with E-state index in [1.165, 1.54) is 5.56 Å². The summed E-state index contributed by atoms with van der Waals surface area (Å²) in [6.07, 6.45) is 1.55. The number of amides is 1. The zero-order chi connectivity index (χ0) is 19.1. The largest absolute Gasteiger partial charge is 0.488 e. The lowest BCUT2D eigenvalue weighted by Gasteiger charge is -2.11. The molecule has 0 saturated heterocycles. The lowest BCUT2D eigenvalue weighted by Crippen LogP contribution is -2.30. The van der Waals surface area contributed by atoms with E-state index in [4.69, 9.17) is 4.74 Å². The summed E-state index contributed by atoms with van der Waals surface area (Å²) in [5, 5.41) is 12.1. The molecule has 0 aliphatic carbocycles. The van der Waals surface area contributed by atoms with Crippen molar-refractivity contribution in [2.45, 2.75) is 33.4 Å². The van der Waals surface area contributed by atoms with E-state index in [1.807, 2.05) is 63.2 Å². The number of halogens is 1. The van der Waals surface area contributed by atoms with Crippen LogP contribution in [0.25, 0.3) is 6.08 Å². The van der Waals surface area contributed by atoms with Gasteiger partial charge in [-0.05, 0) is 50.6 Å². The van der Waals surface area contributed by atoms with E-state index in [1.54, 1.807) is 6.08 Å². The van der Waals surface area contributed by atoms with Crippen LogP contribution in [0, 0.1) is 18.3 Å². The van der Waals surface area contributed by atoms with Crippen LogP contribution >= 0.6 is 15.9 Å². The number of nitriles is 1. The van der Waals surface area contributed by atoms with E-state index in [2.05, 4.69) is 27.3 Å². The van der Waals surface area contributed by atoms with Gasteiger partial charge >= 0.3 is 0 Å². The number of ether oxygens (including phenoxy) is 1. The van der Waals surface area contributed by atoms with Crippen LogP contribution in [0.3, 0.4) is 0 Å². The maximum Gasteiger partial charge on any atom is 0.262 e. The first kappa shape index (κ1) is 19.7. The van der Waals surface area contributed by atoms with Crippen molar-refractivity contribution in [1.82, 2.24) is 5.32 Å². The minimum atomic E-state index is -0.396. The Morgan fingerprint density at radius 3 is 2.73 bits per heavy atom. The van der Waals surface area contributed by atoms with E-state index >= 15 is 0 Å². The van der Waals surface area contributed by atoms with Gasteiger partial charge in [0.15, 0.2) is 0 Å². The molecule has 2 rings (SSSR count). The first-order valence-electron chi connectivity index (χ1n) is 8.29. The van der Waals surface area contributed by atoms with Crippen molar-refractivity contribution in [2.75, 3.05) is 0 Å². The summed E-state index contributed by atoms with van der Waals surface area (Å²) < 4.78 is 6.77. The van der Waals surface area contributed by atoms with Gasteiger partial charge in [0.1, 0.15) is 24.0 Å². The molecule has 0 atom stereocenters. The molecule has 2 aromatic carbocycles. The normalized spacial score (nSPS) is 11.2. The predicted molar refractivity (Wildman–Crippen MR) is 107 cm³/mol. The Bertz CT molecular complexity index is 867. The first-order valence-corrected chi connectivity index (χ1v) is 9.09. The molecule has 0 aromatic heterocycles. The summed E-state index contributed by atoms with van der Waals surface area (Å²) in [5.74, 6) is 0.215. The predicted octanol–water partition coefficient (Wildman–Crippen LogP) is 4.77. The van der Waals surface area contributed by atoms with Gasteiger partial charge in [-0.15, -0.1) is 0 Å². The van der Waals surface area contributed by atoms with Crippen LogP contribution in [-0.2, 0) is 11.4 Å².